The van der Waals surface area contributed by atoms with Crippen LogP contribution < -0.4 is 0 Å². The SMILES string of the molecule is CC(C)(C)[Si](C)(C)OCc1cccc(F)c1Br. The third kappa shape index (κ3) is 3.63. The second-order valence-electron chi connectivity index (χ2n) is 5.76. The van der Waals surface area contributed by atoms with Crippen LogP contribution in [0.4, 0.5) is 4.39 Å². The lowest BCUT2D eigenvalue weighted by molar-refractivity contribution is 0.275. The van der Waals surface area contributed by atoms with Gasteiger partial charge < -0.3 is 4.43 Å². The van der Waals surface area contributed by atoms with Crippen molar-refractivity contribution in [2.45, 2.75) is 45.5 Å². The summed E-state index contributed by atoms with van der Waals surface area (Å²) in [6.07, 6.45) is 0. The van der Waals surface area contributed by atoms with Crippen LogP contribution in [0.5, 0.6) is 0 Å². The Bertz CT molecular complexity index is 399. The summed E-state index contributed by atoms with van der Waals surface area (Å²) < 4.78 is 19.9. The summed E-state index contributed by atoms with van der Waals surface area (Å²) >= 11 is 3.26. The molecule has 0 N–H and O–H groups in total. The fraction of sp³-hybridized carbons (Fsp3) is 0.538. The number of hydrogen-bond acceptors (Lipinski definition) is 1. The Morgan fingerprint density at radius 2 is 1.88 bits per heavy atom. The zero-order valence-corrected chi connectivity index (χ0v) is 13.7. The van der Waals surface area contributed by atoms with Gasteiger partial charge in [0, 0.05) is 0 Å². The smallest absolute Gasteiger partial charge is 0.192 e. The van der Waals surface area contributed by atoms with Crippen molar-refractivity contribution in [3.8, 4) is 0 Å². The molecule has 4 heteroatoms. The fourth-order valence-electron chi connectivity index (χ4n) is 1.13. The Balaban J connectivity index is 2.78. The van der Waals surface area contributed by atoms with Crippen molar-refractivity contribution in [3.63, 3.8) is 0 Å². The maximum atomic E-state index is 13.3. The normalized spacial score (nSPS) is 12.9. The Labute approximate surface area is 113 Å². The van der Waals surface area contributed by atoms with Gasteiger partial charge >= 0.3 is 0 Å². The first kappa shape index (κ1) is 14.9. The molecule has 0 spiro atoms. The average Bonchev–Trinajstić information content (AvgIpc) is 2.18. The monoisotopic (exact) mass is 318 g/mol. The molecular formula is C13H20BrFOSi. The highest BCUT2D eigenvalue weighted by molar-refractivity contribution is 9.10. The molecule has 0 heterocycles. The minimum absolute atomic E-state index is 0.173. The summed E-state index contributed by atoms with van der Waals surface area (Å²) in [5, 5.41) is 0.173. The van der Waals surface area contributed by atoms with E-state index in [9.17, 15) is 4.39 Å². The van der Waals surface area contributed by atoms with Crippen LogP contribution in [0.15, 0.2) is 22.7 Å². The van der Waals surface area contributed by atoms with Crippen molar-refractivity contribution >= 4 is 24.2 Å². The molecule has 1 aromatic rings. The molecule has 0 saturated heterocycles. The minimum Gasteiger partial charge on any atom is -0.413 e. The van der Waals surface area contributed by atoms with Crippen LogP contribution in [0.25, 0.3) is 0 Å². The number of hydrogen-bond donors (Lipinski definition) is 0. The predicted octanol–water partition coefficient (Wildman–Crippen LogP) is 5.11. The van der Waals surface area contributed by atoms with Crippen molar-refractivity contribution in [2.24, 2.45) is 0 Å². The Hall–Kier alpha value is -0.193. The molecule has 0 bridgehead atoms. The first-order chi connectivity index (χ1) is 7.65. The van der Waals surface area contributed by atoms with Crippen LogP contribution in [0.1, 0.15) is 26.3 Å². The quantitative estimate of drug-likeness (QED) is 0.704. The Kier molecular flexibility index (Phi) is 4.55. The van der Waals surface area contributed by atoms with E-state index in [0.29, 0.717) is 11.1 Å². The van der Waals surface area contributed by atoms with E-state index >= 15 is 0 Å². The average molecular weight is 319 g/mol. The third-order valence-electron chi connectivity index (χ3n) is 3.43. The van der Waals surface area contributed by atoms with Crippen LogP contribution in [-0.4, -0.2) is 8.32 Å². The van der Waals surface area contributed by atoms with E-state index in [-0.39, 0.29) is 10.9 Å². The Morgan fingerprint density at radius 1 is 1.29 bits per heavy atom. The Morgan fingerprint density at radius 3 is 2.41 bits per heavy atom. The van der Waals surface area contributed by atoms with Gasteiger partial charge in [-0.2, -0.15) is 0 Å². The van der Waals surface area contributed by atoms with Gasteiger partial charge in [0.05, 0.1) is 11.1 Å². The summed E-state index contributed by atoms with van der Waals surface area (Å²) in [7, 11) is -1.77. The largest absolute Gasteiger partial charge is 0.413 e. The van der Waals surface area contributed by atoms with Crippen molar-refractivity contribution in [1.29, 1.82) is 0 Å². The van der Waals surface area contributed by atoms with Crippen molar-refractivity contribution in [3.05, 3.63) is 34.1 Å². The van der Waals surface area contributed by atoms with Crippen LogP contribution in [0, 0.1) is 5.82 Å². The van der Waals surface area contributed by atoms with Crippen molar-refractivity contribution < 1.29 is 8.82 Å². The summed E-state index contributed by atoms with van der Waals surface area (Å²) in [5.41, 5.74) is 0.870. The number of rotatable bonds is 3. The molecule has 0 aromatic heterocycles. The second kappa shape index (κ2) is 5.20. The lowest BCUT2D eigenvalue weighted by Gasteiger charge is -2.36. The highest BCUT2D eigenvalue weighted by Gasteiger charge is 2.37. The maximum absolute atomic E-state index is 13.3. The van der Waals surface area contributed by atoms with Crippen LogP contribution in [0.3, 0.4) is 0 Å². The van der Waals surface area contributed by atoms with Crippen molar-refractivity contribution in [1.82, 2.24) is 0 Å². The fourth-order valence-corrected chi connectivity index (χ4v) is 2.46. The lowest BCUT2D eigenvalue weighted by Crippen LogP contribution is -2.40. The zero-order valence-electron chi connectivity index (χ0n) is 11.1. The van der Waals surface area contributed by atoms with Crippen LogP contribution in [-0.2, 0) is 11.0 Å². The summed E-state index contributed by atoms with van der Waals surface area (Å²) in [6.45, 7) is 11.4. The van der Waals surface area contributed by atoms with E-state index in [0.717, 1.165) is 5.56 Å². The zero-order chi connectivity index (χ0) is 13.3. The van der Waals surface area contributed by atoms with E-state index < -0.39 is 8.32 Å². The number of benzene rings is 1. The predicted molar refractivity (Wildman–Crippen MR) is 76.1 cm³/mol. The summed E-state index contributed by atoms with van der Waals surface area (Å²) in [4.78, 5) is 0. The first-order valence-corrected chi connectivity index (χ1v) is 9.42. The molecule has 0 fully saturated rings. The van der Waals surface area contributed by atoms with Gasteiger partial charge in [-0.05, 0) is 45.7 Å². The highest BCUT2D eigenvalue weighted by atomic mass is 79.9. The number of halogens is 2. The molecular weight excluding hydrogens is 299 g/mol. The maximum Gasteiger partial charge on any atom is 0.192 e. The molecule has 0 radical (unpaired) electrons. The standard InChI is InChI=1S/C13H20BrFOSi/c1-13(2,3)17(4,5)16-9-10-7-6-8-11(15)12(10)14/h6-8H,9H2,1-5H3. The molecule has 17 heavy (non-hydrogen) atoms. The molecule has 0 aliphatic rings. The topological polar surface area (TPSA) is 9.23 Å². The van der Waals surface area contributed by atoms with E-state index in [4.69, 9.17) is 4.43 Å². The van der Waals surface area contributed by atoms with Crippen molar-refractivity contribution in [2.75, 3.05) is 0 Å². The molecule has 1 aromatic carbocycles. The van der Waals surface area contributed by atoms with Gasteiger partial charge in [-0.15, -0.1) is 0 Å². The minimum atomic E-state index is -1.77. The van der Waals surface area contributed by atoms with Gasteiger partial charge in [-0.3, -0.25) is 0 Å². The molecule has 0 saturated carbocycles. The molecule has 96 valence electrons. The van der Waals surface area contributed by atoms with Crippen LogP contribution >= 0.6 is 15.9 Å². The summed E-state index contributed by atoms with van der Waals surface area (Å²) in [6, 6.07) is 5.05. The van der Waals surface area contributed by atoms with Gasteiger partial charge in [0.25, 0.3) is 0 Å². The molecule has 0 amide bonds. The van der Waals surface area contributed by atoms with Gasteiger partial charge in [0.15, 0.2) is 8.32 Å². The van der Waals surface area contributed by atoms with Gasteiger partial charge in [0.1, 0.15) is 5.82 Å². The van der Waals surface area contributed by atoms with Crippen LogP contribution in [0.2, 0.25) is 18.1 Å². The third-order valence-corrected chi connectivity index (χ3v) is 8.79. The van der Waals surface area contributed by atoms with Gasteiger partial charge in [0.2, 0.25) is 0 Å². The lowest BCUT2D eigenvalue weighted by atomic mass is 10.2. The van der Waals surface area contributed by atoms with Gasteiger partial charge in [-0.1, -0.05) is 32.9 Å². The molecule has 0 atom stereocenters. The van der Waals surface area contributed by atoms with E-state index in [1.165, 1.54) is 6.07 Å². The molecule has 0 unspecified atom stereocenters. The first-order valence-electron chi connectivity index (χ1n) is 5.72. The second-order valence-corrected chi connectivity index (χ2v) is 11.4. The molecule has 1 nitrogen and oxygen atoms in total. The van der Waals surface area contributed by atoms with E-state index in [1.807, 2.05) is 6.07 Å². The van der Waals surface area contributed by atoms with E-state index in [2.05, 4.69) is 49.8 Å². The highest BCUT2D eigenvalue weighted by Crippen LogP contribution is 2.37. The van der Waals surface area contributed by atoms with Gasteiger partial charge in [-0.25, -0.2) is 4.39 Å². The molecule has 0 aliphatic carbocycles. The summed E-state index contributed by atoms with van der Waals surface area (Å²) in [5.74, 6) is -0.235. The molecule has 0 aliphatic heterocycles. The molecule has 1 rings (SSSR count). The van der Waals surface area contributed by atoms with E-state index in [1.54, 1.807) is 6.07 Å².